The molecular weight excluding hydrogens is 201 g/mol. The fourth-order valence-electron chi connectivity index (χ4n) is 3.33. The van der Waals surface area contributed by atoms with E-state index in [4.69, 9.17) is 6.92 Å². The van der Waals surface area contributed by atoms with E-state index in [-0.39, 0.29) is 17.2 Å². The van der Waals surface area contributed by atoms with Gasteiger partial charge in [0.15, 0.2) is 0 Å². The maximum atomic E-state index is 13.4. The smallest absolute Gasteiger partial charge is 0.123 e. The Labute approximate surface area is 96.1 Å². The fourth-order valence-corrected chi connectivity index (χ4v) is 3.33. The van der Waals surface area contributed by atoms with E-state index in [9.17, 15) is 4.39 Å². The number of rotatable bonds is 0. The van der Waals surface area contributed by atoms with Crippen molar-refractivity contribution in [2.75, 3.05) is 13.1 Å². The summed E-state index contributed by atoms with van der Waals surface area (Å²) in [5.74, 6) is -0.0422. The van der Waals surface area contributed by atoms with Crippen LogP contribution in [0.4, 0.5) is 4.39 Å². The summed E-state index contributed by atoms with van der Waals surface area (Å²) in [5.41, 5.74) is 2.46. The molecule has 1 N–H and O–H groups in total. The van der Waals surface area contributed by atoms with E-state index in [1.165, 1.54) is 11.6 Å². The molecule has 2 heteroatoms. The summed E-state index contributed by atoms with van der Waals surface area (Å²) in [4.78, 5) is 0. The van der Waals surface area contributed by atoms with Crippen LogP contribution in [0.2, 0.25) is 0 Å². The number of nitrogens with one attached hydrogen (secondary N) is 1. The van der Waals surface area contributed by atoms with Crippen LogP contribution in [0.15, 0.2) is 18.2 Å². The third-order valence-electron chi connectivity index (χ3n) is 4.16. The Morgan fingerprint density at radius 3 is 2.81 bits per heavy atom. The van der Waals surface area contributed by atoms with Gasteiger partial charge in [-0.15, -0.1) is 0 Å². The number of halogens is 1. The molecule has 3 rings (SSSR count). The van der Waals surface area contributed by atoms with Crippen LogP contribution in [0, 0.1) is 12.7 Å². The Hall–Kier alpha value is -0.890. The molecule has 1 aromatic rings. The number of hydrogen-bond acceptors (Lipinski definition) is 1. The predicted molar refractivity (Wildman–Crippen MR) is 61.8 cm³/mol. The largest absolute Gasteiger partial charge is 0.317 e. The van der Waals surface area contributed by atoms with E-state index in [0.29, 0.717) is 0 Å². The molecule has 84 valence electrons. The third kappa shape index (κ3) is 1.40. The molecule has 1 spiro atoms. The first-order valence-electron chi connectivity index (χ1n) is 5.98. The van der Waals surface area contributed by atoms with Gasteiger partial charge in [-0.3, -0.25) is 0 Å². The highest BCUT2D eigenvalue weighted by atomic mass is 19.1. The number of fused-ring (bicyclic) bond motifs is 2. The Morgan fingerprint density at radius 1 is 1.31 bits per heavy atom. The molecule has 1 saturated heterocycles. The SMILES string of the molecule is [CH]C1CC2(CCNCC2)c2cc(F)ccc21. The number of benzene rings is 1. The second-order valence-electron chi connectivity index (χ2n) is 5.07. The van der Waals surface area contributed by atoms with E-state index in [2.05, 4.69) is 5.32 Å². The highest BCUT2D eigenvalue weighted by Crippen LogP contribution is 2.50. The first kappa shape index (κ1) is 10.3. The van der Waals surface area contributed by atoms with E-state index >= 15 is 0 Å². The summed E-state index contributed by atoms with van der Waals surface area (Å²) < 4.78 is 13.4. The van der Waals surface area contributed by atoms with Crippen molar-refractivity contribution < 1.29 is 4.39 Å². The summed E-state index contributed by atoms with van der Waals surface area (Å²) in [6.45, 7) is 8.19. The van der Waals surface area contributed by atoms with Crippen molar-refractivity contribution in [1.29, 1.82) is 0 Å². The van der Waals surface area contributed by atoms with Gasteiger partial charge in [-0.05, 0) is 73.9 Å². The van der Waals surface area contributed by atoms with Gasteiger partial charge in [0.1, 0.15) is 5.82 Å². The van der Waals surface area contributed by atoms with Gasteiger partial charge in [0, 0.05) is 0 Å². The highest BCUT2D eigenvalue weighted by molar-refractivity contribution is 5.44. The van der Waals surface area contributed by atoms with Crippen molar-refractivity contribution in [1.82, 2.24) is 5.32 Å². The topological polar surface area (TPSA) is 12.0 Å². The molecule has 1 aliphatic heterocycles. The molecule has 1 aromatic carbocycles. The van der Waals surface area contributed by atoms with Crippen LogP contribution in [0.3, 0.4) is 0 Å². The average Bonchev–Trinajstić information content (AvgIpc) is 2.53. The van der Waals surface area contributed by atoms with Gasteiger partial charge < -0.3 is 5.32 Å². The summed E-state index contributed by atoms with van der Waals surface area (Å²) in [7, 11) is 0. The minimum Gasteiger partial charge on any atom is -0.317 e. The lowest BCUT2D eigenvalue weighted by atomic mass is 9.74. The van der Waals surface area contributed by atoms with Gasteiger partial charge in [0.25, 0.3) is 0 Å². The molecule has 0 saturated carbocycles. The van der Waals surface area contributed by atoms with Gasteiger partial charge in [-0.25, -0.2) is 4.39 Å². The van der Waals surface area contributed by atoms with Gasteiger partial charge in [0.05, 0.1) is 0 Å². The first-order valence-corrected chi connectivity index (χ1v) is 5.98. The molecule has 0 bridgehead atoms. The van der Waals surface area contributed by atoms with Gasteiger partial charge in [-0.2, -0.15) is 0 Å². The van der Waals surface area contributed by atoms with Gasteiger partial charge in [-0.1, -0.05) is 6.07 Å². The molecule has 1 aliphatic carbocycles. The normalized spacial score (nSPS) is 27.0. The molecule has 1 fully saturated rings. The van der Waals surface area contributed by atoms with Crippen LogP contribution in [-0.2, 0) is 5.41 Å². The second-order valence-corrected chi connectivity index (χ2v) is 5.07. The summed E-state index contributed by atoms with van der Waals surface area (Å²) >= 11 is 0. The van der Waals surface area contributed by atoms with E-state index in [1.807, 2.05) is 6.07 Å². The van der Waals surface area contributed by atoms with Crippen LogP contribution in [0.5, 0.6) is 0 Å². The molecule has 16 heavy (non-hydrogen) atoms. The molecule has 2 aliphatic rings. The third-order valence-corrected chi connectivity index (χ3v) is 4.16. The lowest BCUT2D eigenvalue weighted by Gasteiger charge is -2.35. The molecular formula is C14H16FN. The number of piperidine rings is 1. The van der Waals surface area contributed by atoms with Crippen LogP contribution in [0.25, 0.3) is 0 Å². The van der Waals surface area contributed by atoms with Crippen LogP contribution in [0.1, 0.15) is 36.3 Å². The van der Waals surface area contributed by atoms with Crippen molar-refractivity contribution in [3.05, 3.63) is 42.1 Å². The van der Waals surface area contributed by atoms with Crippen molar-refractivity contribution in [3.63, 3.8) is 0 Å². The number of hydrogen-bond donors (Lipinski definition) is 1. The molecule has 1 atom stereocenters. The Balaban J connectivity index is 2.09. The quantitative estimate of drug-likeness (QED) is 0.704. The highest BCUT2D eigenvalue weighted by Gasteiger charge is 2.42. The van der Waals surface area contributed by atoms with Gasteiger partial charge >= 0.3 is 0 Å². The van der Waals surface area contributed by atoms with E-state index < -0.39 is 0 Å². The lowest BCUT2D eigenvalue weighted by molar-refractivity contribution is 0.300. The monoisotopic (exact) mass is 217 g/mol. The molecule has 0 amide bonds. The standard InChI is InChI=1S/C14H16FN/c1-10-9-14(4-6-16-7-5-14)13-8-11(15)2-3-12(10)13/h1-3,8,10,16H,4-7,9H2. The zero-order valence-electron chi connectivity index (χ0n) is 9.30. The van der Waals surface area contributed by atoms with Crippen molar-refractivity contribution in [2.24, 2.45) is 0 Å². The van der Waals surface area contributed by atoms with Crippen molar-refractivity contribution in [3.8, 4) is 0 Å². The summed E-state index contributed by atoms with van der Waals surface area (Å²) in [6.07, 6.45) is 3.14. The minimum atomic E-state index is -0.134. The van der Waals surface area contributed by atoms with E-state index in [0.717, 1.165) is 37.9 Å². The molecule has 2 radical (unpaired) electrons. The van der Waals surface area contributed by atoms with Crippen LogP contribution < -0.4 is 5.32 Å². The maximum Gasteiger partial charge on any atom is 0.123 e. The van der Waals surface area contributed by atoms with Crippen LogP contribution in [-0.4, -0.2) is 13.1 Å². The second kappa shape index (κ2) is 3.56. The molecule has 0 aromatic heterocycles. The molecule has 1 unspecified atom stereocenters. The zero-order valence-corrected chi connectivity index (χ0v) is 9.30. The minimum absolute atomic E-state index is 0.0914. The maximum absolute atomic E-state index is 13.4. The van der Waals surface area contributed by atoms with Crippen molar-refractivity contribution >= 4 is 0 Å². The lowest BCUT2D eigenvalue weighted by Crippen LogP contribution is -2.38. The van der Waals surface area contributed by atoms with Gasteiger partial charge in [0.2, 0.25) is 0 Å². The van der Waals surface area contributed by atoms with Crippen molar-refractivity contribution in [2.45, 2.75) is 30.6 Å². The Kier molecular flexibility index (Phi) is 2.28. The summed E-state index contributed by atoms with van der Waals surface area (Å²) in [5, 5.41) is 3.36. The average molecular weight is 217 g/mol. The first-order chi connectivity index (χ1) is 7.71. The molecule has 1 nitrogen and oxygen atoms in total. The van der Waals surface area contributed by atoms with E-state index in [1.54, 1.807) is 6.07 Å². The Morgan fingerprint density at radius 2 is 2.06 bits per heavy atom. The van der Waals surface area contributed by atoms with Crippen LogP contribution >= 0.6 is 0 Å². The molecule has 1 heterocycles. The Bertz CT molecular complexity index is 407. The summed E-state index contributed by atoms with van der Waals surface area (Å²) in [6, 6.07) is 5.10. The predicted octanol–water partition coefficient (Wildman–Crippen LogP) is 2.65. The fraction of sp³-hybridized carbons (Fsp3) is 0.500. The zero-order chi connectivity index (χ0) is 11.2.